The summed E-state index contributed by atoms with van der Waals surface area (Å²) in [6, 6.07) is 0.392. The first-order valence-electron chi connectivity index (χ1n) is 7.58. The zero-order valence-corrected chi connectivity index (χ0v) is 12.2. The number of amides is 2. The Morgan fingerprint density at radius 1 is 1.40 bits per heavy atom. The maximum atomic E-state index is 12.5. The van der Waals surface area contributed by atoms with Gasteiger partial charge in [-0.25, -0.2) is 4.79 Å². The molecular formula is C14H23N5O. The Morgan fingerprint density at radius 3 is 2.80 bits per heavy atom. The number of carbonyl (C=O) groups is 1. The van der Waals surface area contributed by atoms with Crippen molar-refractivity contribution in [1.82, 2.24) is 25.0 Å². The van der Waals surface area contributed by atoms with Crippen LogP contribution in [0, 0.1) is 5.92 Å². The van der Waals surface area contributed by atoms with Crippen LogP contribution in [0.5, 0.6) is 0 Å². The Morgan fingerprint density at radius 2 is 2.20 bits per heavy atom. The number of carbonyl (C=O) groups excluding carboxylic acids is 1. The highest BCUT2D eigenvalue weighted by Crippen LogP contribution is 2.37. The van der Waals surface area contributed by atoms with Crippen molar-refractivity contribution < 1.29 is 4.79 Å². The van der Waals surface area contributed by atoms with Crippen molar-refractivity contribution in [2.24, 2.45) is 13.0 Å². The quantitative estimate of drug-likeness (QED) is 0.917. The third-order valence-electron chi connectivity index (χ3n) is 4.73. The van der Waals surface area contributed by atoms with E-state index in [9.17, 15) is 4.79 Å². The predicted molar refractivity (Wildman–Crippen MR) is 75.0 cm³/mol. The lowest BCUT2D eigenvalue weighted by atomic mass is 9.79. The molecule has 110 valence electrons. The van der Waals surface area contributed by atoms with Crippen LogP contribution in [-0.4, -0.2) is 38.3 Å². The second-order valence-corrected chi connectivity index (χ2v) is 6.07. The van der Waals surface area contributed by atoms with E-state index in [-0.39, 0.29) is 12.1 Å². The monoisotopic (exact) mass is 277 g/mol. The minimum Gasteiger partial charge on any atom is -0.328 e. The highest BCUT2D eigenvalue weighted by Gasteiger charge is 2.37. The van der Waals surface area contributed by atoms with E-state index in [1.165, 1.54) is 19.3 Å². The molecule has 1 aliphatic heterocycles. The number of hydrogen-bond donors (Lipinski definition) is 1. The van der Waals surface area contributed by atoms with Crippen LogP contribution >= 0.6 is 0 Å². The van der Waals surface area contributed by atoms with Gasteiger partial charge in [0, 0.05) is 19.6 Å². The molecule has 1 aliphatic carbocycles. The summed E-state index contributed by atoms with van der Waals surface area (Å²) in [6.07, 6.45) is 7.85. The molecule has 1 saturated carbocycles. The van der Waals surface area contributed by atoms with Gasteiger partial charge in [-0.05, 0) is 38.5 Å². The number of rotatable bonds is 3. The Balaban J connectivity index is 1.62. The van der Waals surface area contributed by atoms with Crippen LogP contribution in [0.1, 0.15) is 50.9 Å². The first-order valence-corrected chi connectivity index (χ1v) is 7.58. The minimum atomic E-state index is -0.113. The molecule has 1 aromatic rings. The summed E-state index contributed by atoms with van der Waals surface area (Å²) in [4.78, 5) is 14.5. The van der Waals surface area contributed by atoms with Gasteiger partial charge in [0.15, 0.2) is 5.82 Å². The zero-order valence-electron chi connectivity index (χ0n) is 12.2. The summed E-state index contributed by atoms with van der Waals surface area (Å²) in [5.74, 6) is 1.52. The average Bonchev–Trinajstić information content (AvgIpc) is 2.95. The Bertz CT molecular complexity index is 482. The molecule has 2 amide bonds. The molecular weight excluding hydrogens is 254 g/mol. The van der Waals surface area contributed by atoms with Gasteiger partial charge in [0.25, 0.3) is 0 Å². The first kappa shape index (κ1) is 13.4. The fraction of sp³-hybridized carbons (Fsp3) is 0.786. The van der Waals surface area contributed by atoms with Crippen molar-refractivity contribution in [2.45, 2.75) is 51.1 Å². The summed E-state index contributed by atoms with van der Waals surface area (Å²) in [5, 5.41) is 11.0. The molecule has 1 saturated heterocycles. The van der Waals surface area contributed by atoms with Crippen molar-refractivity contribution in [3.63, 3.8) is 0 Å². The fourth-order valence-corrected chi connectivity index (χ4v) is 3.38. The van der Waals surface area contributed by atoms with Crippen molar-refractivity contribution in [3.8, 4) is 0 Å². The largest absolute Gasteiger partial charge is 0.328 e. The van der Waals surface area contributed by atoms with Gasteiger partial charge in [0.2, 0.25) is 0 Å². The lowest BCUT2D eigenvalue weighted by Crippen LogP contribution is -2.47. The molecule has 1 N–H and O–H groups in total. The van der Waals surface area contributed by atoms with Crippen LogP contribution in [0.25, 0.3) is 0 Å². The van der Waals surface area contributed by atoms with E-state index in [1.54, 1.807) is 6.33 Å². The van der Waals surface area contributed by atoms with Crippen LogP contribution in [0.4, 0.5) is 4.79 Å². The topological polar surface area (TPSA) is 63.1 Å². The standard InChI is InChI=1S/C14H23N5O/c1-10(13-17-15-9-18(13)2)16-14(20)19-8-4-7-12(19)11-5-3-6-11/h9-12H,3-8H2,1-2H3,(H,16,20). The van der Waals surface area contributed by atoms with Crippen molar-refractivity contribution in [2.75, 3.05) is 6.54 Å². The normalized spacial score (nSPS) is 24.5. The molecule has 2 heterocycles. The van der Waals surface area contributed by atoms with Crippen LogP contribution in [0.2, 0.25) is 0 Å². The SMILES string of the molecule is CC(NC(=O)N1CCCC1C1CCC1)c1nncn1C. The molecule has 0 spiro atoms. The molecule has 0 aromatic carbocycles. The number of nitrogens with zero attached hydrogens (tertiary/aromatic N) is 4. The van der Waals surface area contributed by atoms with E-state index < -0.39 is 0 Å². The van der Waals surface area contributed by atoms with Crippen molar-refractivity contribution in [1.29, 1.82) is 0 Å². The van der Waals surface area contributed by atoms with E-state index in [4.69, 9.17) is 0 Å². The second kappa shape index (κ2) is 5.42. The van der Waals surface area contributed by atoms with Crippen molar-refractivity contribution in [3.05, 3.63) is 12.2 Å². The lowest BCUT2D eigenvalue weighted by molar-refractivity contribution is 0.137. The fourth-order valence-electron chi connectivity index (χ4n) is 3.38. The Labute approximate surface area is 119 Å². The van der Waals surface area contributed by atoms with Crippen LogP contribution in [0.15, 0.2) is 6.33 Å². The van der Waals surface area contributed by atoms with E-state index in [0.29, 0.717) is 6.04 Å². The molecule has 2 aliphatic rings. The number of urea groups is 1. The molecule has 1 aromatic heterocycles. The molecule has 3 rings (SSSR count). The first-order chi connectivity index (χ1) is 9.66. The number of aromatic nitrogens is 3. The van der Waals surface area contributed by atoms with Crippen molar-refractivity contribution >= 4 is 6.03 Å². The summed E-state index contributed by atoms with van der Waals surface area (Å²) in [6.45, 7) is 2.84. The molecule has 0 bridgehead atoms. The van der Waals surface area contributed by atoms with Crippen LogP contribution in [0.3, 0.4) is 0 Å². The predicted octanol–water partition coefficient (Wildman–Crippen LogP) is 1.85. The van der Waals surface area contributed by atoms with Gasteiger partial charge in [-0.2, -0.15) is 0 Å². The van der Waals surface area contributed by atoms with Crippen LogP contribution in [-0.2, 0) is 7.05 Å². The number of likely N-dealkylation sites (tertiary alicyclic amines) is 1. The van der Waals surface area contributed by atoms with Gasteiger partial charge in [0.05, 0.1) is 6.04 Å². The summed E-state index contributed by atoms with van der Waals surface area (Å²) in [7, 11) is 1.89. The van der Waals surface area contributed by atoms with E-state index in [1.807, 2.05) is 23.4 Å². The molecule has 0 radical (unpaired) electrons. The Kier molecular flexibility index (Phi) is 3.63. The zero-order chi connectivity index (χ0) is 14.1. The smallest absolute Gasteiger partial charge is 0.318 e. The maximum absolute atomic E-state index is 12.5. The summed E-state index contributed by atoms with van der Waals surface area (Å²) >= 11 is 0. The van der Waals surface area contributed by atoms with Gasteiger partial charge in [-0.3, -0.25) is 0 Å². The third kappa shape index (κ3) is 2.39. The van der Waals surface area contributed by atoms with E-state index >= 15 is 0 Å². The highest BCUT2D eigenvalue weighted by atomic mass is 16.2. The van der Waals surface area contributed by atoms with Gasteiger partial charge in [0.1, 0.15) is 6.33 Å². The number of hydrogen-bond acceptors (Lipinski definition) is 3. The second-order valence-electron chi connectivity index (χ2n) is 6.07. The number of aryl methyl sites for hydroxylation is 1. The Hall–Kier alpha value is -1.59. The molecule has 6 heteroatoms. The summed E-state index contributed by atoms with van der Waals surface area (Å²) in [5.41, 5.74) is 0. The van der Waals surface area contributed by atoms with Gasteiger partial charge in [-0.1, -0.05) is 6.42 Å². The minimum absolute atomic E-state index is 0.0508. The lowest BCUT2D eigenvalue weighted by Gasteiger charge is -2.37. The highest BCUT2D eigenvalue weighted by molar-refractivity contribution is 5.75. The molecule has 20 heavy (non-hydrogen) atoms. The van der Waals surface area contributed by atoms with Gasteiger partial charge >= 0.3 is 6.03 Å². The average molecular weight is 277 g/mol. The van der Waals surface area contributed by atoms with E-state index in [0.717, 1.165) is 31.1 Å². The molecule has 2 unspecified atom stereocenters. The van der Waals surface area contributed by atoms with Crippen LogP contribution < -0.4 is 5.32 Å². The molecule has 6 nitrogen and oxygen atoms in total. The maximum Gasteiger partial charge on any atom is 0.318 e. The van der Waals surface area contributed by atoms with E-state index in [2.05, 4.69) is 15.5 Å². The molecule has 2 fully saturated rings. The third-order valence-corrected chi connectivity index (χ3v) is 4.73. The van der Waals surface area contributed by atoms with Gasteiger partial charge < -0.3 is 14.8 Å². The van der Waals surface area contributed by atoms with Gasteiger partial charge in [-0.15, -0.1) is 10.2 Å². The summed E-state index contributed by atoms with van der Waals surface area (Å²) < 4.78 is 1.85. The molecule has 2 atom stereocenters. The number of nitrogens with one attached hydrogen (secondary N) is 1.